The van der Waals surface area contributed by atoms with E-state index in [1.807, 2.05) is 68.4 Å². The molecular formula is C20H17N3OS. The van der Waals surface area contributed by atoms with Gasteiger partial charge < -0.3 is 4.74 Å². The number of hydrogen-bond acceptors (Lipinski definition) is 5. The van der Waals surface area contributed by atoms with Crippen LogP contribution in [0.15, 0.2) is 59.8 Å². The Morgan fingerprint density at radius 2 is 1.80 bits per heavy atom. The summed E-state index contributed by atoms with van der Waals surface area (Å²) in [5.74, 6) is 1.90. The summed E-state index contributed by atoms with van der Waals surface area (Å²) < 4.78 is 5.83. The van der Waals surface area contributed by atoms with E-state index in [4.69, 9.17) is 4.74 Å². The van der Waals surface area contributed by atoms with Crippen LogP contribution >= 0.6 is 11.8 Å². The van der Waals surface area contributed by atoms with Crippen molar-refractivity contribution in [3.05, 3.63) is 77.0 Å². The molecule has 0 fully saturated rings. The van der Waals surface area contributed by atoms with Crippen LogP contribution in [0, 0.1) is 25.2 Å². The van der Waals surface area contributed by atoms with Crippen molar-refractivity contribution in [1.82, 2.24) is 9.97 Å². The standard InChI is InChI=1S/C20H17N3OS/c1-14-7-9-18(10-8-14)24-19-11-15(2)22-20(23-19)25-13-17-6-4-3-5-16(17)12-21/h3-11H,13H2,1-2H3. The topological polar surface area (TPSA) is 58.8 Å². The van der Waals surface area contributed by atoms with E-state index < -0.39 is 0 Å². The molecule has 0 amide bonds. The van der Waals surface area contributed by atoms with E-state index in [2.05, 4.69) is 16.0 Å². The predicted molar refractivity (Wildman–Crippen MR) is 98.7 cm³/mol. The zero-order chi connectivity index (χ0) is 17.6. The van der Waals surface area contributed by atoms with Crippen molar-refractivity contribution in [1.29, 1.82) is 5.26 Å². The van der Waals surface area contributed by atoms with Gasteiger partial charge in [-0.3, -0.25) is 0 Å². The second-order valence-corrected chi connectivity index (χ2v) is 6.55. The van der Waals surface area contributed by atoms with Crippen LogP contribution in [0.4, 0.5) is 0 Å². The number of ether oxygens (including phenoxy) is 1. The minimum absolute atomic E-state index is 0.521. The van der Waals surface area contributed by atoms with Crippen LogP contribution in [0.2, 0.25) is 0 Å². The second-order valence-electron chi connectivity index (χ2n) is 5.60. The molecule has 1 aromatic heterocycles. The maximum absolute atomic E-state index is 9.18. The molecule has 0 aliphatic heterocycles. The van der Waals surface area contributed by atoms with Gasteiger partial charge in [-0.25, -0.2) is 4.98 Å². The van der Waals surface area contributed by atoms with Gasteiger partial charge in [0.15, 0.2) is 5.16 Å². The first-order valence-corrected chi connectivity index (χ1v) is 8.83. The second kappa shape index (κ2) is 7.82. The molecule has 0 radical (unpaired) electrons. The lowest BCUT2D eigenvalue weighted by molar-refractivity contribution is 0.454. The van der Waals surface area contributed by atoms with E-state index >= 15 is 0 Å². The Labute approximate surface area is 151 Å². The van der Waals surface area contributed by atoms with Gasteiger partial charge in [0.2, 0.25) is 5.88 Å². The molecule has 2 aromatic carbocycles. The molecule has 0 aliphatic rings. The highest BCUT2D eigenvalue weighted by atomic mass is 32.2. The van der Waals surface area contributed by atoms with Gasteiger partial charge in [0.05, 0.1) is 11.6 Å². The van der Waals surface area contributed by atoms with Crippen molar-refractivity contribution in [2.75, 3.05) is 0 Å². The number of rotatable bonds is 5. The first-order chi connectivity index (χ1) is 12.1. The quantitative estimate of drug-likeness (QED) is 0.477. The summed E-state index contributed by atoms with van der Waals surface area (Å²) in [6.07, 6.45) is 0. The van der Waals surface area contributed by atoms with Crippen LogP contribution in [0.1, 0.15) is 22.4 Å². The lowest BCUT2D eigenvalue weighted by Crippen LogP contribution is -1.96. The van der Waals surface area contributed by atoms with Gasteiger partial charge in [-0.1, -0.05) is 47.7 Å². The summed E-state index contributed by atoms with van der Waals surface area (Å²) in [7, 11) is 0. The van der Waals surface area contributed by atoms with Gasteiger partial charge in [0.1, 0.15) is 5.75 Å². The molecule has 0 aliphatic carbocycles. The Balaban J connectivity index is 1.75. The SMILES string of the molecule is Cc1ccc(Oc2cc(C)nc(SCc3ccccc3C#N)n2)cc1. The third-order valence-corrected chi connectivity index (χ3v) is 4.44. The Hall–Kier alpha value is -2.84. The fourth-order valence-corrected chi connectivity index (χ4v) is 3.15. The fourth-order valence-electron chi connectivity index (χ4n) is 2.25. The van der Waals surface area contributed by atoms with Crippen LogP contribution in [0.5, 0.6) is 11.6 Å². The summed E-state index contributed by atoms with van der Waals surface area (Å²) in [6.45, 7) is 3.95. The minimum Gasteiger partial charge on any atom is -0.439 e. The van der Waals surface area contributed by atoms with Crippen molar-refractivity contribution in [3.63, 3.8) is 0 Å². The van der Waals surface area contributed by atoms with Gasteiger partial charge in [0, 0.05) is 17.5 Å². The highest BCUT2D eigenvalue weighted by Crippen LogP contribution is 2.26. The molecule has 0 saturated heterocycles. The smallest absolute Gasteiger partial charge is 0.223 e. The maximum Gasteiger partial charge on any atom is 0.223 e. The van der Waals surface area contributed by atoms with Crippen LogP contribution < -0.4 is 4.74 Å². The third-order valence-electron chi connectivity index (χ3n) is 3.55. The van der Waals surface area contributed by atoms with Crippen LogP contribution in [-0.2, 0) is 5.75 Å². The molecule has 0 saturated carbocycles. The van der Waals surface area contributed by atoms with Crippen LogP contribution in [0.3, 0.4) is 0 Å². The van der Waals surface area contributed by atoms with Gasteiger partial charge >= 0.3 is 0 Å². The number of thioether (sulfide) groups is 1. The Kier molecular flexibility index (Phi) is 5.32. The summed E-state index contributed by atoms with van der Waals surface area (Å²) in [5, 5.41) is 9.81. The van der Waals surface area contributed by atoms with E-state index in [-0.39, 0.29) is 0 Å². The van der Waals surface area contributed by atoms with Gasteiger partial charge in [-0.05, 0) is 37.6 Å². The molecule has 0 atom stereocenters. The van der Waals surface area contributed by atoms with E-state index in [0.29, 0.717) is 22.4 Å². The van der Waals surface area contributed by atoms with Crippen molar-refractivity contribution in [2.45, 2.75) is 24.8 Å². The first kappa shape index (κ1) is 17.0. The fraction of sp³-hybridized carbons (Fsp3) is 0.150. The highest BCUT2D eigenvalue weighted by molar-refractivity contribution is 7.98. The number of nitrogens with zero attached hydrogens (tertiary/aromatic N) is 3. The molecule has 0 unspecified atom stereocenters. The number of aryl methyl sites for hydroxylation is 2. The molecule has 25 heavy (non-hydrogen) atoms. The summed E-state index contributed by atoms with van der Waals surface area (Å²) in [6, 6.07) is 19.4. The first-order valence-electron chi connectivity index (χ1n) is 7.85. The number of benzene rings is 2. The van der Waals surface area contributed by atoms with Crippen molar-refractivity contribution in [2.24, 2.45) is 0 Å². The minimum atomic E-state index is 0.521. The largest absolute Gasteiger partial charge is 0.439 e. The summed E-state index contributed by atoms with van der Waals surface area (Å²) in [4.78, 5) is 8.92. The molecular weight excluding hydrogens is 330 g/mol. The van der Waals surface area contributed by atoms with Crippen molar-refractivity contribution >= 4 is 11.8 Å². The monoisotopic (exact) mass is 347 g/mol. The van der Waals surface area contributed by atoms with Crippen LogP contribution in [-0.4, -0.2) is 9.97 Å². The predicted octanol–water partition coefficient (Wildman–Crippen LogP) is 5.05. The Morgan fingerprint density at radius 3 is 2.56 bits per heavy atom. The van der Waals surface area contributed by atoms with Gasteiger partial charge in [0.25, 0.3) is 0 Å². The summed E-state index contributed by atoms with van der Waals surface area (Å²) in [5.41, 5.74) is 3.67. The molecule has 0 bridgehead atoms. The van der Waals surface area contributed by atoms with E-state index in [1.165, 1.54) is 17.3 Å². The molecule has 4 nitrogen and oxygen atoms in total. The molecule has 0 N–H and O–H groups in total. The average Bonchev–Trinajstić information content (AvgIpc) is 2.62. The van der Waals surface area contributed by atoms with Crippen molar-refractivity contribution < 1.29 is 4.74 Å². The molecule has 3 rings (SSSR count). The molecule has 3 aromatic rings. The lowest BCUT2D eigenvalue weighted by Gasteiger charge is -2.08. The molecule has 5 heteroatoms. The molecule has 0 spiro atoms. The Bertz CT molecular complexity index is 917. The molecule has 1 heterocycles. The normalized spacial score (nSPS) is 10.3. The zero-order valence-electron chi connectivity index (χ0n) is 14.1. The van der Waals surface area contributed by atoms with E-state index in [9.17, 15) is 5.26 Å². The maximum atomic E-state index is 9.18. The number of nitriles is 1. The van der Waals surface area contributed by atoms with Gasteiger partial charge in [-0.15, -0.1) is 0 Å². The van der Waals surface area contributed by atoms with Crippen molar-refractivity contribution in [3.8, 4) is 17.7 Å². The van der Waals surface area contributed by atoms with Gasteiger partial charge in [-0.2, -0.15) is 10.2 Å². The summed E-state index contributed by atoms with van der Waals surface area (Å²) >= 11 is 1.49. The highest BCUT2D eigenvalue weighted by Gasteiger charge is 2.08. The van der Waals surface area contributed by atoms with E-state index in [0.717, 1.165) is 17.0 Å². The Morgan fingerprint density at radius 1 is 1.04 bits per heavy atom. The molecule has 124 valence electrons. The zero-order valence-corrected chi connectivity index (χ0v) is 14.9. The number of aromatic nitrogens is 2. The van der Waals surface area contributed by atoms with E-state index in [1.54, 1.807) is 0 Å². The van der Waals surface area contributed by atoms with Crippen LogP contribution in [0.25, 0.3) is 0 Å². The number of hydrogen-bond donors (Lipinski definition) is 0. The third kappa shape index (κ3) is 4.59. The lowest BCUT2D eigenvalue weighted by atomic mass is 10.1. The average molecular weight is 347 g/mol.